The summed E-state index contributed by atoms with van der Waals surface area (Å²) in [6.45, 7) is 5.79. The molecular weight excluding hydrogens is 250 g/mol. The van der Waals surface area contributed by atoms with Crippen molar-refractivity contribution in [2.45, 2.75) is 26.0 Å². The number of nitrogens with zero attached hydrogens (tertiary/aromatic N) is 1. The van der Waals surface area contributed by atoms with E-state index in [0.717, 1.165) is 32.7 Å². The van der Waals surface area contributed by atoms with Gasteiger partial charge in [-0.15, -0.1) is 11.3 Å². The molecular formula is C12H19N3O2S. The van der Waals surface area contributed by atoms with E-state index in [9.17, 15) is 4.79 Å². The molecule has 0 aliphatic carbocycles. The fourth-order valence-electron chi connectivity index (χ4n) is 2.10. The molecule has 1 aliphatic heterocycles. The largest absolute Gasteiger partial charge is 0.377 e. The Morgan fingerprint density at radius 2 is 2.50 bits per heavy atom. The SMILES string of the molecule is CC1CN(Cc2ccc(C(=O)NN)s2)CCCO1. The second-order valence-corrected chi connectivity index (χ2v) is 5.68. The number of carbonyl (C=O) groups is 1. The summed E-state index contributed by atoms with van der Waals surface area (Å²) in [5, 5.41) is 0. The van der Waals surface area contributed by atoms with E-state index in [1.165, 1.54) is 16.2 Å². The fraction of sp³-hybridized carbons (Fsp3) is 0.583. The van der Waals surface area contributed by atoms with E-state index in [0.29, 0.717) is 4.88 Å². The number of carbonyl (C=O) groups excluding carboxylic acids is 1. The molecule has 2 heterocycles. The summed E-state index contributed by atoms with van der Waals surface area (Å²) in [7, 11) is 0. The molecule has 1 saturated heterocycles. The van der Waals surface area contributed by atoms with Gasteiger partial charge in [0.2, 0.25) is 0 Å². The molecule has 0 spiro atoms. The Hall–Kier alpha value is -0.950. The molecule has 1 atom stereocenters. The number of hydrogen-bond donors (Lipinski definition) is 2. The van der Waals surface area contributed by atoms with Crippen LogP contribution < -0.4 is 11.3 Å². The van der Waals surface area contributed by atoms with Gasteiger partial charge >= 0.3 is 0 Å². The monoisotopic (exact) mass is 269 g/mol. The number of rotatable bonds is 3. The van der Waals surface area contributed by atoms with Crippen LogP contribution in [0.5, 0.6) is 0 Å². The minimum Gasteiger partial charge on any atom is -0.377 e. The van der Waals surface area contributed by atoms with Gasteiger partial charge in [0.15, 0.2) is 0 Å². The second kappa shape index (κ2) is 6.29. The zero-order valence-corrected chi connectivity index (χ0v) is 11.3. The summed E-state index contributed by atoms with van der Waals surface area (Å²) in [6.07, 6.45) is 1.34. The molecule has 2 rings (SSSR count). The lowest BCUT2D eigenvalue weighted by atomic mass is 10.3. The number of hydrogen-bond acceptors (Lipinski definition) is 5. The quantitative estimate of drug-likeness (QED) is 0.487. The summed E-state index contributed by atoms with van der Waals surface area (Å²) in [6, 6.07) is 3.81. The molecule has 18 heavy (non-hydrogen) atoms. The van der Waals surface area contributed by atoms with Gasteiger partial charge in [0, 0.05) is 31.1 Å². The minimum atomic E-state index is -0.223. The molecule has 0 bridgehead atoms. The molecule has 6 heteroatoms. The average Bonchev–Trinajstić information content (AvgIpc) is 2.72. The number of thiophene rings is 1. The van der Waals surface area contributed by atoms with Gasteiger partial charge in [-0.05, 0) is 25.5 Å². The van der Waals surface area contributed by atoms with Gasteiger partial charge in [-0.3, -0.25) is 15.1 Å². The molecule has 5 nitrogen and oxygen atoms in total. The molecule has 1 fully saturated rings. The predicted molar refractivity (Wildman–Crippen MR) is 71.3 cm³/mol. The van der Waals surface area contributed by atoms with Crippen molar-refractivity contribution in [3.8, 4) is 0 Å². The Bertz CT molecular complexity index is 408. The smallest absolute Gasteiger partial charge is 0.275 e. The molecule has 0 aromatic carbocycles. The van der Waals surface area contributed by atoms with E-state index in [1.54, 1.807) is 0 Å². The number of nitrogen functional groups attached to an aromatic ring is 1. The van der Waals surface area contributed by atoms with Gasteiger partial charge in [-0.25, -0.2) is 5.84 Å². The molecule has 1 aromatic rings. The van der Waals surface area contributed by atoms with E-state index in [-0.39, 0.29) is 12.0 Å². The maximum Gasteiger partial charge on any atom is 0.275 e. The first-order chi connectivity index (χ1) is 8.69. The van der Waals surface area contributed by atoms with Crippen LogP contribution in [0.25, 0.3) is 0 Å². The maximum atomic E-state index is 11.4. The molecule has 100 valence electrons. The maximum absolute atomic E-state index is 11.4. The first kappa shape index (κ1) is 13.5. The molecule has 3 N–H and O–H groups in total. The van der Waals surface area contributed by atoms with Gasteiger partial charge in [0.25, 0.3) is 5.91 Å². The topological polar surface area (TPSA) is 67.6 Å². The van der Waals surface area contributed by atoms with E-state index in [4.69, 9.17) is 10.6 Å². The lowest BCUT2D eigenvalue weighted by Crippen LogP contribution is -2.29. The highest BCUT2D eigenvalue weighted by Gasteiger charge is 2.16. The highest BCUT2D eigenvalue weighted by Crippen LogP contribution is 2.19. The highest BCUT2D eigenvalue weighted by molar-refractivity contribution is 7.14. The van der Waals surface area contributed by atoms with Gasteiger partial charge < -0.3 is 4.74 Å². The van der Waals surface area contributed by atoms with Crippen LogP contribution in [0.1, 0.15) is 27.9 Å². The number of hydrazine groups is 1. The summed E-state index contributed by atoms with van der Waals surface area (Å²) < 4.78 is 5.61. The highest BCUT2D eigenvalue weighted by atomic mass is 32.1. The van der Waals surface area contributed by atoms with E-state index >= 15 is 0 Å². The van der Waals surface area contributed by atoms with Crippen molar-refractivity contribution in [1.29, 1.82) is 0 Å². The standard InChI is InChI=1S/C12H19N3O2S/c1-9-7-15(5-2-6-17-9)8-10-3-4-11(18-10)12(16)14-13/h3-4,9H,2,5-8,13H2,1H3,(H,14,16). The Balaban J connectivity index is 1.95. The van der Waals surface area contributed by atoms with E-state index in [1.807, 2.05) is 12.1 Å². The Morgan fingerprint density at radius 1 is 1.67 bits per heavy atom. The molecule has 1 aliphatic rings. The zero-order valence-electron chi connectivity index (χ0n) is 10.5. The predicted octanol–water partition coefficient (Wildman–Crippen LogP) is 0.962. The average molecular weight is 269 g/mol. The van der Waals surface area contributed by atoms with Gasteiger partial charge in [0.05, 0.1) is 11.0 Å². The molecule has 1 unspecified atom stereocenters. The van der Waals surface area contributed by atoms with E-state index < -0.39 is 0 Å². The summed E-state index contributed by atoms with van der Waals surface area (Å²) in [4.78, 5) is 15.6. The zero-order chi connectivity index (χ0) is 13.0. The van der Waals surface area contributed by atoms with Crippen molar-refractivity contribution in [3.05, 3.63) is 21.9 Å². The minimum absolute atomic E-state index is 0.223. The molecule has 0 radical (unpaired) electrons. The van der Waals surface area contributed by atoms with E-state index in [2.05, 4.69) is 17.2 Å². The summed E-state index contributed by atoms with van der Waals surface area (Å²) in [5.74, 6) is 4.89. The van der Waals surface area contributed by atoms with Crippen molar-refractivity contribution in [3.63, 3.8) is 0 Å². The Morgan fingerprint density at radius 3 is 3.28 bits per heavy atom. The number of nitrogens with one attached hydrogen (secondary N) is 1. The van der Waals surface area contributed by atoms with Gasteiger partial charge in [0.1, 0.15) is 0 Å². The van der Waals surface area contributed by atoms with Crippen LogP contribution in [0, 0.1) is 0 Å². The molecule has 1 aromatic heterocycles. The first-order valence-electron chi connectivity index (χ1n) is 6.12. The van der Waals surface area contributed by atoms with Gasteiger partial charge in [-0.1, -0.05) is 0 Å². The second-order valence-electron chi connectivity index (χ2n) is 4.51. The Kier molecular flexibility index (Phi) is 4.71. The lowest BCUT2D eigenvalue weighted by Gasteiger charge is -2.20. The van der Waals surface area contributed by atoms with Crippen molar-refractivity contribution in [2.75, 3.05) is 19.7 Å². The number of nitrogens with two attached hydrogens (primary N) is 1. The van der Waals surface area contributed by atoms with Crippen LogP contribution in [-0.4, -0.2) is 36.6 Å². The van der Waals surface area contributed by atoms with Crippen LogP contribution in [0.4, 0.5) is 0 Å². The summed E-state index contributed by atoms with van der Waals surface area (Å²) in [5.41, 5.74) is 2.15. The number of amides is 1. The van der Waals surface area contributed by atoms with Crippen LogP contribution >= 0.6 is 11.3 Å². The lowest BCUT2D eigenvalue weighted by molar-refractivity contribution is 0.0669. The first-order valence-corrected chi connectivity index (χ1v) is 6.94. The number of ether oxygens (including phenoxy) is 1. The normalized spacial score (nSPS) is 21.6. The third kappa shape index (κ3) is 3.52. The summed E-state index contributed by atoms with van der Waals surface area (Å²) >= 11 is 1.49. The van der Waals surface area contributed by atoms with Crippen molar-refractivity contribution >= 4 is 17.2 Å². The third-order valence-corrected chi connectivity index (χ3v) is 4.00. The van der Waals surface area contributed by atoms with Crippen LogP contribution in [0.3, 0.4) is 0 Å². The van der Waals surface area contributed by atoms with Gasteiger partial charge in [-0.2, -0.15) is 0 Å². The van der Waals surface area contributed by atoms with Crippen molar-refractivity contribution in [1.82, 2.24) is 10.3 Å². The van der Waals surface area contributed by atoms with Crippen molar-refractivity contribution < 1.29 is 9.53 Å². The Labute approximate surface area is 111 Å². The molecule has 0 saturated carbocycles. The van der Waals surface area contributed by atoms with Crippen molar-refractivity contribution in [2.24, 2.45) is 5.84 Å². The third-order valence-electron chi connectivity index (χ3n) is 2.93. The van der Waals surface area contributed by atoms with Crippen LogP contribution in [0.2, 0.25) is 0 Å². The fourth-order valence-corrected chi connectivity index (χ4v) is 3.05. The molecule has 1 amide bonds. The van der Waals surface area contributed by atoms with Crippen LogP contribution in [-0.2, 0) is 11.3 Å². The van der Waals surface area contributed by atoms with Crippen LogP contribution in [0.15, 0.2) is 12.1 Å².